The normalized spacial score (nSPS) is 13.8. The van der Waals surface area contributed by atoms with Crippen molar-refractivity contribution in [3.63, 3.8) is 0 Å². The Labute approximate surface area is 114 Å². The van der Waals surface area contributed by atoms with Crippen LogP contribution in [0, 0.1) is 0 Å². The van der Waals surface area contributed by atoms with E-state index in [1.165, 1.54) is 5.56 Å². The standard InChI is InChI=1S/C15H23NO3/c1-4-12-8-5-6-9-13(12)19-11-7-10-15(2,16-3)14(17)18/h5-6,8-9,16H,4,7,10-11H2,1-3H3,(H,17,18). The Morgan fingerprint density at radius 2 is 2.11 bits per heavy atom. The van der Waals surface area contributed by atoms with Crippen molar-refractivity contribution >= 4 is 5.97 Å². The summed E-state index contributed by atoms with van der Waals surface area (Å²) in [7, 11) is 1.67. The predicted octanol–water partition coefficient (Wildman–Crippen LogP) is 2.47. The fraction of sp³-hybridized carbons (Fsp3) is 0.533. The summed E-state index contributed by atoms with van der Waals surface area (Å²) in [5.41, 5.74) is 0.297. The van der Waals surface area contributed by atoms with Gasteiger partial charge in [0, 0.05) is 0 Å². The van der Waals surface area contributed by atoms with Gasteiger partial charge in [-0.05, 0) is 44.9 Å². The van der Waals surface area contributed by atoms with Gasteiger partial charge in [-0.2, -0.15) is 0 Å². The first-order valence-corrected chi connectivity index (χ1v) is 6.66. The van der Waals surface area contributed by atoms with E-state index in [-0.39, 0.29) is 0 Å². The summed E-state index contributed by atoms with van der Waals surface area (Å²) in [6.07, 6.45) is 2.16. The van der Waals surface area contributed by atoms with Crippen molar-refractivity contribution in [1.29, 1.82) is 0 Å². The second kappa shape index (κ2) is 7.14. The van der Waals surface area contributed by atoms with Gasteiger partial charge in [0.05, 0.1) is 6.61 Å². The summed E-state index contributed by atoms with van der Waals surface area (Å²) >= 11 is 0. The van der Waals surface area contributed by atoms with Gasteiger partial charge in [-0.25, -0.2) is 0 Å². The number of aliphatic carboxylic acids is 1. The van der Waals surface area contributed by atoms with Gasteiger partial charge in [-0.3, -0.25) is 4.79 Å². The molecule has 0 amide bonds. The fourth-order valence-electron chi connectivity index (χ4n) is 1.88. The lowest BCUT2D eigenvalue weighted by molar-refractivity contribution is -0.144. The van der Waals surface area contributed by atoms with Crippen LogP contribution < -0.4 is 10.1 Å². The van der Waals surface area contributed by atoms with E-state index in [9.17, 15) is 4.79 Å². The minimum atomic E-state index is -0.881. The minimum Gasteiger partial charge on any atom is -0.493 e. The zero-order chi connectivity index (χ0) is 14.3. The molecule has 1 rings (SSSR count). The van der Waals surface area contributed by atoms with Crippen LogP contribution in [0.4, 0.5) is 0 Å². The first-order chi connectivity index (χ1) is 9.03. The van der Waals surface area contributed by atoms with Crippen molar-refractivity contribution in [3.05, 3.63) is 29.8 Å². The number of likely N-dealkylation sites (N-methyl/N-ethyl adjacent to an activating group) is 1. The maximum absolute atomic E-state index is 11.1. The van der Waals surface area contributed by atoms with Crippen LogP contribution in [0.2, 0.25) is 0 Å². The van der Waals surface area contributed by atoms with Gasteiger partial charge >= 0.3 is 5.97 Å². The quantitative estimate of drug-likeness (QED) is 0.709. The molecule has 0 heterocycles. The molecule has 2 N–H and O–H groups in total. The molecule has 1 atom stereocenters. The van der Waals surface area contributed by atoms with Crippen molar-refractivity contribution in [1.82, 2.24) is 5.32 Å². The Balaban J connectivity index is 2.45. The van der Waals surface area contributed by atoms with Crippen LogP contribution in [0.3, 0.4) is 0 Å². The molecule has 0 aromatic heterocycles. The zero-order valence-corrected chi connectivity index (χ0v) is 11.9. The molecule has 0 fully saturated rings. The van der Waals surface area contributed by atoms with Gasteiger partial charge in [0.25, 0.3) is 0 Å². The Morgan fingerprint density at radius 1 is 1.42 bits per heavy atom. The number of benzene rings is 1. The molecule has 106 valence electrons. The highest BCUT2D eigenvalue weighted by molar-refractivity contribution is 5.78. The summed E-state index contributed by atoms with van der Waals surface area (Å²) in [5, 5.41) is 12.0. The molecule has 1 aromatic carbocycles. The highest BCUT2D eigenvalue weighted by atomic mass is 16.5. The van der Waals surface area contributed by atoms with Crippen LogP contribution in [-0.2, 0) is 11.2 Å². The van der Waals surface area contributed by atoms with Crippen LogP contribution in [0.1, 0.15) is 32.3 Å². The molecular formula is C15H23NO3. The number of rotatable bonds is 8. The van der Waals surface area contributed by atoms with E-state index in [0.29, 0.717) is 19.4 Å². The van der Waals surface area contributed by atoms with Gasteiger partial charge in [0.2, 0.25) is 0 Å². The van der Waals surface area contributed by atoms with Crippen LogP contribution in [0.15, 0.2) is 24.3 Å². The molecule has 1 aromatic rings. The topological polar surface area (TPSA) is 58.6 Å². The molecule has 0 aliphatic heterocycles. The van der Waals surface area contributed by atoms with Crippen LogP contribution in [-0.4, -0.2) is 30.3 Å². The SMILES string of the molecule is CCc1ccccc1OCCCC(C)(NC)C(=O)O. The van der Waals surface area contributed by atoms with Gasteiger partial charge in [-0.1, -0.05) is 25.1 Å². The average Bonchev–Trinajstić information content (AvgIpc) is 2.43. The fourth-order valence-corrected chi connectivity index (χ4v) is 1.88. The second-order valence-electron chi connectivity index (χ2n) is 4.80. The molecule has 0 spiro atoms. The summed E-state index contributed by atoms with van der Waals surface area (Å²) in [4.78, 5) is 11.1. The first kappa shape index (κ1) is 15.5. The summed E-state index contributed by atoms with van der Waals surface area (Å²) in [5.74, 6) is 0.0652. The number of carboxylic acid groups (broad SMARTS) is 1. The van der Waals surface area contributed by atoms with Gasteiger partial charge in [-0.15, -0.1) is 0 Å². The minimum absolute atomic E-state index is 0.529. The van der Waals surface area contributed by atoms with E-state index >= 15 is 0 Å². The molecule has 1 unspecified atom stereocenters. The highest BCUT2D eigenvalue weighted by Crippen LogP contribution is 2.19. The number of para-hydroxylation sites is 1. The third-order valence-electron chi connectivity index (χ3n) is 3.46. The van der Waals surface area contributed by atoms with Crippen LogP contribution >= 0.6 is 0 Å². The van der Waals surface area contributed by atoms with Crippen molar-refractivity contribution in [3.8, 4) is 5.75 Å². The molecule has 4 nitrogen and oxygen atoms in total. The number of carbonyl (C=O) groups is 1. The van der Waals surface area contributed by atoms with Gasteiger partial charge < -0.3 is 15.2 Å². The van der Waals surface area contributed by atoms with Gasteiger partial charge in [0.1, 0.15) is 11.3 Å². The smallest absolute Gasteiger partial charge is 0.323 e. The van der Waals surface area contributed by atoms with E-state index in [4.69, 9.17) is 9.84 Å². The molecule has 19 heavy (non-hydrogen) atoms. The van der Waals surface area contributed by atoms with Crippen molar-refractivity contribution < 1.29 is 14.6 Å². The van der Waals surface area contributed by atoms with E-state index in [1.807, 2.05) is 24.3 Å². The molecule has 0 aliphatic carbocycles. The van der Waals surface area contributed by atoms with Gasteiger partial charge in [0.15, 0.2) is 0 Å². The predicted molar refractivity (Wildman–Crippen MR) is 75.6 cm³/mol. The number of hydrogen-bond acceptors (Lipinski definition) is 3. The third-order valence-corrected chi connectivity index (χ3v) is 3.46. The maximum atomic E-state index is 11.1. The largest absolute Gasteiger partial charge is 0.493 e. The van der Waals surface area contributed by atoms with Crippen LogP contribution in [0.5, 0.6) is 5.75 Å². The molecule has 0 bridgehead atoms. The van der Waals surface area contributed by atoms with Crippen molar-refractivity contribution in [2.24, 2.45) is 0 Å². The van der Waals surface area contributed by atoms with Crippen molar-refractivity contribution in [2.45, 2.75) is 38.6 Å². The summed E-state index contributed by atoms with van der Waals surface area (Å²) in [6.45, 7) is 4.31. The van der Waals surface area contributed by atoms with E-state index < -0.39 is 11.5 Å². The molecule has 0 radical (unpaired) electrons. The molecular weight excluding hydrogens is 242 g/mol. The number of ether oxygens (including phenoxy) is 1. The third kappa shape index (κ3) is 4.24. The number of nitrogens with one attached hydrogen (secondary N) is 1. The Bertz CT molecular complexity index is 420. The van der Waals surface area contributed by atoms with Crippen LogP contribution in [0.25, 0.3) is 0 Å². The van der Waals surface area contributed by atoms with E-state index in [2.05, 4.69) is 12.2 Å². The summed E-state index contributed by atoms with van der Waals surface area (Å²) < 4.78 is 5.73. The molecule has 0 aliphatic rings. The Morgan fingerprint density at radius 3 is 2.68 bits per heavy atom. The summed E-state index contributed by atoms with van der Waals surface area (Å²) in [6, 6.07) is 7.94. The maximum Gasteiger partial charge on any atom is 0.323 e. The van der Waals surface area contributed by atoms with Crippen molar-refractivity contribution in [2.75, 3.05) is 13.7 Å². The van der Waals surface area contributed by atoms with E-state index in [1.54, 1.807) is 14.0 Å². The zero-order valence-electron chi connectivity index (χ0n) is 11.9. The monoisotopic (exact) mass is 265 g/mol. The lowest BCUT2D eigenvalue weighted by Gasteiger charge is -2.24. The number of aryl methyl sites for hydroxylation is 1. The first-order valence-electron chi connectivity index (χ1n) is 6.66. The lowest BCUT2D eigenvalue weighted by Crippen LogP contribution is -2.47. The lowest BCUT2D eigenvalue weighted by atomic mass is 9.96. The molecule has 4 heteroatoms. The average molecular weight is 265 g/mol. The number of hydrogen-bond donors (Lipinski definition) is 2. The highest BCUT2D eigenvalue weighted by Gasteiger charge is 2.30. The van der Waals surface area contributed by atoms with E-state index in [0.717, 1.165) is 12.2 Å². The second-order valence-corrected chi connectivity index (χ2v) is 4.80. The molecule has 0 saturated carbocycles. The number of carboxylic acids is 1. The molecule has 0 saturated heterocycles. The Kier molecular flexibility index (Phi) is 5.83. The Hall–Kier alpha value is -1.55.